The number of alkyl halides is 3. The molecule has 36 heavy (non-hydrogen) atoms. The van der Waals surface area contributed by atoms with E-state index in [1.54, 1.807) is 4.98 Å². The Morgan fingerprint density at radius 3 is 2.42 bits per heavy atom. The normalized spacial score (nSPS) is 11.2. The molecule has 0 radical (unpaired) electrons. The van der Waals surface area contributed by atoms with E-state index in [-0.39, 0.29) is 22.7 Å². The zero-order valence-corrected chi connectivity index (χ0v) is 18.8. The molecule has 0 saturated carbocycles. The second-order valence-electron chi connectivity index (χ2n) is 6.90. The summed E-state index contributed by atoms with van der Waals surface area (Å²) >= 11 is 5.86. The van der Waals surface area contributed by atoms with Crippen molar-refractivity contribution in [3.8, 4) is 17.2 Å². The summed E-state index contributed by atoms with van der Waals surface area (Å²) in [6, 6.07) is 4.96. The SMILES string of the molecule is CCOC(=O)Cn1c(=O)[nH]c(=O)n(-c2cc(Oc3ccc(C(F)(F)F)cc3Cl)ccc2[N+](=O)[O-])c1=O. The second kappa shape index (κ2) is 10.1. The summed E-state index contributed by atoms with van der Waals surface area (Å²) in [5.41, 5.74) is -6.51. The number of rotatable bonds is 7. The molecule has 1 aromatic heterocycles. The zero-order valence-electron chi connectivity index (χ0n) is 18.0. The van der Waals surface area contributed by atoms with Gasteiger partial charge in [-0.1, -0.05) is 11.6 Å². The van der Waals surface area contributed by atoms with Crippen molar-refractivity contribution < 1.29 is 32.4 Å². The van der Waals surface area contributed by atoms with Gasteiger partial charge in [-0.05, 0) is 31.2 Å². The van der Waals surface area contributed by atoms with Crippen LogP contribution in [0.1, 0.15) is 12.5 Å². The van der Waals surface area contributed by atoms with E-state index in [0.717, 1.165) is 24.3 Å². The Bertz CT molecular complexity index is 1530. The van der Waals surface area contributed by atoms with Gasteiger partial charge in [0, 0.05) is 12.1 Å². The number of aromatic amines is 1. The third-order valence-electron chi connectivity index (χ3n) is 4.55. The highest BCUT2D eigenvalue weighted by atomic mass is 35.5. The molecule has 0 fully saturated rings. The molecule has 16 heteroatoms. The number of carbonyl (C=O) groups is 1. The van der Waals surface area contributed by atoms with Crippen LogP contribution in [0.2, 0.25) is 5.02 Å². The van der Waals surface area contributed by atoms with Gasteiger partial charge < -0.3 is 9.47 Å². The molecule has 1 N–H and O–H groups in total. The quantitative estimate of drug-likeness (QED) is 0.277. The van der Waals surface area contributed by atoms with Crippen molar-refractivity contribution in [1.29, 1.82) is 0 Å². The molecule has 12 nitrogen and oxygen atoms in total. The standard InChI is InChI=1S/C20H14ClF3N4O8/c1-2-35-16(29)9-26-17(30)25-18(31)27(19(26)32)14-8-11(4-5-13(14)28(33)34)36-15-6-3-10(7-12(15)21)20(22,23)24/h3-8H,2,9H2,1H3,(H,25,30,31). The minimum absolute atomic E-state index is 0.0670. The number of ether oxygens (including phenoxy) is 2. The van der Waals surface area contributed by atoms with Crippen molar-refractivity contribution in [3.05, 3.63) is 88.6 Å². The van der Waals surface area contributed by atoms with Crippen LogP contribution < -0.4 is 21.8 Å². The first-order chi connectivity index (χ1) is 16.8. The van der Waals surface area contributed by atoms with Crippen molar-refractivity contribution in [3.63, 3.8) is 0 Å². The predicted molar refractivity (Wildman–Crippen MR) is 117 cm³/mol. The van der Waals surface area contributed by atoms with Gasteiger partial charge in [-0.15, -0.1) is 0 Å². The van der Waals surface area contributed by atoms with Crippen LogP contribution in [0, 0.1) is 10.1 Å². The average Bonchev–Trinajstić information content (AvgIpc) is 2.77. The fourth-order valence-electron chi connectivity index (χ4n) is 2.98. The van der Waals surface area contributed by atoms with Gasteiger partial charge in [-0.3, -0.25) is 19.9 Å². The van der Waals surface area contributed by atoms with Gasteiger partial charge in [0.15, 0.2) is 0 Å². The summed E-state index contributed by atoms with van der Waals surface area (Å²) in [6.07, 6.45) is -4.67. The fraction of sp³-hybridized carbons (Fsp3) is 0.200. The third-order valence-corrected chi connectivity index (χ3v) is 4.84. The molecule has 0 bridgehead atoms. The Morgan fingerprint density at radius 2 is 1.83 bits per heavy atom. The number of esters is 1. The maximum Gasteiger partial charge on any atom is 0.416 e. The summed E-state index contributed by atoms with van der Waals surface area (Å²) < 4.78 is 49.2. The Balaban J connectivity index is 2.14. The molecule has 3 rings (SSSR count). The van der Waals surface area contributed by atoms with Gasteiger partial charge in [-0.25, -0.2) is 23.5 Å². The largest absolute Gasteiger partial charge is 0.465 e. The van der Waals surface area contributed by atoms with Crippen LogP contribution in [0.25, 0.3) is 5.69 Å². The molecule has 0 amide bonds. The molecule has 0 spiro atoms. The minimum Gasteiger partial charge on any atom is -0.465 e. The molecule has 0 unspecified atom stereocenters. The zero-order chi connectivity index (χ0) is 26.8. The Morgan fingerprint density at radius 1 is 1.14 bits per heavy atom. The highest BCUT2D eigenvalue weighted by molar-refractivity contribution is 6.32. The molecule has 0 aliphatic heterocycles. The summed E-state index contributed by atoms with van der Waals surface area (Å²) in [5, 5.41) is 11.1. The van der Waals surface area contributed by atoms with Crippen molar-refractivity contribution in [2.24, 2.45) is 0 Å². The van der Waals surface area contributed by atoms with Crippen molar-refractivity contribution in [2.45, 2.75) is 19.6 Å². The summed E-state index contributed by atoms with van der Waals surface area (Å²) in [4.78, 5) is 61.6. The number of nitrogens with one attached hydrogen (secondary N) is 1. The molecule has 0 atom stereocenters. The third kappa shape index (κ3) is 5.46. The lowest BCUT2D eigenvalue weighted by molar-refractivity contribution is -0.384. The average molecular weight is 531 g/mol. The lowest BCUT2D eigenvalue weighted by Gasteiger charge is -2.13. The van der Waals surface area contributed by atoms with Crippen molar-refractivity contribution in [1.82, 2.24) is 14.1 Å². The van der Waals surface area contributed by atoms with Crippen LogP contribution >= 0.6 is 11.6 Å². The number of nitrogens with zero attached hydrogens (tertiary/aromatic N) is 3. The van der Waals surface area contributed by atoms with Gasteiger partial charge in [0.2, 0.25) is 0 Å². The molecule has 1 heterocycles. The Hall–Kier alpha value is -4.40. The summed E-state index contributed by atoms with van der Waals surface area (Å²) in [6.45, 7) is 0.513. The maximum absolute atomic E-state index is 12.9. The summed E-state index contributed by atoms with van der Waals surface area (Å²) in [7, 11) is 0. The Kier molecular flexibility index (Phi) is 7.33. The van der Waals surface area contributed by atoms with E-state index in [9.17, 15) is 42.5 Å². The summed E-state index contributed by atoms with van der Waals surface area (Å²) in [5.74, 6) is -1.51. The van der Waals surface area contributed by atoms with E-state index in [1.807, 2.05) is 0 Å². The van der Waals surface area contributed by atoms with E-state index in [1.165, 1.54) is 6.92 Å². The first kappa shape index (κ1) is 26.2. The number of carbonyl (C=O) groups excluding carboxylic acids is 1. The number of aromatic nitrogens is 3. The highest BCUT2D eigenvalue weighted by Crippen LogP contribution is 2.37. The molecule has 3 aromatic rings. The maximum atomic E-state index is 12.9. The molecule has 0 aliphatic carbocycles. The number of H-pyrrole nitrogens is 1. The van der Waals surface area contributed by atoms with Gasteiger partial charge in [-0.2, -0.15) is 13.2 Å². The van der Waals surface area contributed by atoms with E-state index >= 15 is 0 Å². The minimum atomic E-state index is -4.67. The number of hydrogen-bond acceptors (Lipinski definition) is 8. The van der Waals surface area contributed by atoms with Gasteiger partial charge in [0.1, 0.15) is 23.7 Å². The van der Waals surface area contributed by atoms with Crippen LogP contribution in [-0.4, -0.2) is 31.6 Å². The van der Waals surface area contributed by atoms with Gasteiger partial charge in [0.05, 0.1) is 22.1 Å². The molecule has 2 aromatic carbocycles. The highest BCUT2D eigenvalue weighted by Gasteiger charge is 2.31. The number of nitro benzene ring substituents is 1. The first-order valence-electron chi connectivity index (χ1n) is 9.78. The first-order valence-corrected chi connectivity index (χ1v) is 10.2. The van der Waals surface area contributed by atoms with Crippen LogP contribution in [0.5, 0.6) is 11.5 Å². The monoisotopic (exact) mass is 530 g/mol. The number of halogens is 4. The van der Waals surface area contributed by atoms with Crippen LogP contribution in [0.3, 0.4) is 0 Å². The van der Waals surface area contributed by atoms with Crippen LogP contribution in [-0.2, 0) is 22.3 Å². The van der Waals surface area contributed by atoms with Gasteiger partial charge >= 0.3 is 29.2 Å². The van der Waals surface area contributed by atoms with Crippen LogP contribution in [0.4, 0.5) is 18.9 Å². The number of nitro groups is 1. The number of hydrogen-bond donors (Lipinski definition) is 1. The lowest BCUT2D eigenvalue weighted by atomic mass is 10.2. The smallest absolute Gasteiger partial charge is 0.416 e. The molecule has 190 valence electrons. The molecular formula is C20H14ClF3N4O8. The van der Waals surface area contributed by atoms with E-state index < -0.39 is 62.6 Å². The van der Waals surface area contributed by atoms with Crippen molar-refractivity contribution >= 4 is 23.3 Å². The Labute approximate surface area is 202 Å². The topological polar surface area (TPSA) is 156 Å². The second-order valence-corrected chi connectivity index (χ2v) is 7.30. The van der Waals surface area contributed by atoms with E-state index in [0.29, 0.717) is 16.7 Å². The predicted octanol–water partition coefficient (Wildman–Crippen LogP) is 2.62. The van der Waals surface area contributed by atoms with E-state index in [4.69, 9.17) is 16.3 Å². The lowest BCUT2D eigenvalue weighted by Crippen LogP contribution is -2.49. The molecule has 0 saturated heterocycles. The van der Waals surface area contributed by atoms with Crippen LogP contribution in [0.15, 0.2) is 50.8 Å². The van der Waals surface area contributed by atoms with E-state index in [2.05, 4.69) is 4.74 Å². The van der Waals surface area contributed by atoms with Crippen molar-refractivity contribution in [2.75, 3.05) is 6.61 Å². The molecule has 0 aliphatic rings. The number of benzene rings is 2. The molecular weight excluding hydrogens is 517 g/mol. The fourth-order valence-corrected chi connectivity index (χ4v) is 3.20. The van der Waals surface area contributed by atoms with Gasteiger partial charge in [0.25, 0.3) is 5.69 Å².